The fourth-order valence-corrected chi connectivity index (χ4v) is 1.86. The van der Waals surface area contributed by atoms with E-state index in [0.29, 0.717) is 32.1 Å². The first kappa shape index (κ1) is 13.2. The van der Waals surface area contributed by atoms with E-state index in [1.807, 2.05) is 0 Å². The summed E-state index contributed by atoms with van der Waals surface area (Å²) in [5, 5.41) is 0. The van der Waals surface area contributed by atoms with Crippen LogP contribution in [0.5, 0.6) is 5.75 Å². The number of benzene rings is 1. The highest BCUT2D eigenvalue weighted by atomic mass is 19.4. The van der Waals surface area contributed by atoms with Gasteiger partial charge in [-0.25, -0.2) is 4.39 Å². The molecule has 1 saturated heterocycles. The molecule has 1 heterocycles. The Bertz CT molecular complexity index is 416. The van der Waals surface area contributed by atoms with E-state index in [4.69, 9.17) is 9.47 Å². The lowest BCUT2D eigenvalue weighted by atomic mass is 9.79. The average Bonchev–Trinajstić information content (AvgIpc) is 2.31. The SMILES string of the molecule is Fc1ccc(OC2CCOCC2)c([B-](F)(F)F)c1. The molecule has 0 aliphatic carbocycles. The van der Waals surface area contributed by atoms with Crippen LogP contribution in [0.2, 0.25) is 0 Å². The van der Waals surface area contributed by atoms with Crippen molar-refractivity contribution < 1.29 is 26.8 Å². The van der Waals surface area contributed by atoms with Crippen molar-refractivity contribution in [3.05, 3.63) is 24.0 Å². The molecule has 0 amide bonds. The van der Waals surface area contributed by atoms with E-state index in [0.717, 1.165) is 12.1 Å². The predicted molar refractivity (Wildman–Crippen MR) is 59.6 cm³/mol. The predicted octanol–water partition coefficient (Wildman–Crippen LogP) is 2.44. The highest BCUT2D eigenvalue weighted by molar-refractivity contribution is 6.74. The summed E-state index contributed by atoms with van der Waals surface area (Å²) in [5.41, 5.74) is -1.01. The molecule has 0 radical (unpaired) electrons. The van der Waals surface area contributed by atoms with Crippen LogP contribution in [0.4, 0.5) is 17.3 Å². The third kappa shape index (κ3) is 3.16. The first-order valence-electron chi connectivity index (χ1n) is 5.70. The molecule has 0 atom stereocenters. The molecule has 0 saturated carbocycles. The molecule has 1 aromatic carbocycles. The van der Waals surface area contributed by atoms with Gasteiger partial charge in [0.2, 0.25) is 0 Å². The molecule has 2 nitrogen and oxygen atoms in total. The molecule has 1 aromatic rings. The zero-order valence-corrected chi connectivity index (χ0v) is 9.54. The summed E-state index contributed by atoms with van der Waals surface area (Å²) in [6.45, 7) is -4.34. The third-order valence-electron chi connectivity index (χ3n) is 2.79. The zero-order valence-electron chi connectivity index (χ0n) is 9.54. The Morgan fingerprint density at radius 1 is 1.17 bits per heavy atom. The number of halogens is 4. The van der Waals surface area contributed by atoms with Crippen LogP contribution in [0, 0.1) is 5.82 Å². The molecule has 2 rings (SSSR count). The molecule has 18 heavy (non-hydrogen) atoms. The summed E-state index contributed by atoms with van der Waals surface area (Å²) in [6.07, 6.45) is 0.782. The molecular weight excluding hydrogens is 251 g/mol. The van der Waals surface area contributed by atoms with E-state index in [2.05, 4.69) is 0 Å². The van der Waals surface area contributed by atoms with Gasteiger partial charge in [-0.1, -0.05) is 5.46 Å². The molecule has 0 N–H and O–H groups in total. The van der Waals surface area contributed by atoms with E-state index >= 15 is 0 Å². The van der Waals surface area contributed by atoms with Crippen molar-refractivity contribution in [3.8, 4) is 5.75 Å². The number of hydrogen-bond acceptors (Lipinski definition) is 2. The average molecular weight is 263 g/mol. The largest absolute Gasteiger partial charge is 0.513 e. The highest BCUT2D eigenvalue weighted by Crippen LogP contribution is 2.22. The summed E-state index contributed by atoms with van der Waals surface area (Å²) in [7, 11) is 0. The summed E-state index contributed by atoms with van der Waals surface area (Å²) in [4.78, 5) is 0. The van der Waals surface area contributed by atoms with Gasteiger partial charge in [-0.15, -0.1) is 0 Å². The Kier molecular flexibility index (Phi) is 3.80. The smallest absolute Gasteiger partial charge is 0.493 e. The van der Waals surface area contributed by atoms with Gasteiger partial charge in [-0.05, 0) is 18.2 Å². The molecule has 1 aliphatic heterocycles. The van der Waals surface area contributed by atoms with Crippen molar-refractivity contribution in [2.24, 2.45) is 0 Å². The van der Waals surface area contributed by atoms with E-state index in [9.17, 15) is 17.3 Å². The molecule has 0 bridgehead atoms. The quantitative estimate of drug-likeness (QED) is 0.616. The van der Waals surface area contributed by atoms with E-state index in [1.165, 1.54) is 0 Å². The second-order valence-corrected chi connectivity index (χ2v) is 4.19. The fraction of sp³-hybridized carbons (Fsp3) is 0.455. The monoisotopic (exact) mass is 263 g/mol. The maximum atomic E-state index is 12.9. The maximum Gasteiger partial charge on any atom is 0.513 e. The van der Waals surface area contributed by atoms with Gasteiger partial charge >= 0.3 is 6.98 Å². The molecule has 0 aromatic heterocycles. The second-order valence-electron chi connectivity index (χ2n) is 4.19. The first-order valence-corrected chi connectivity index (χ1v) is 5.70. The lowest BCUT2D eigenvalue weighted by molar-refractivity contribution is 0.0258. The molecule has 100 valence electrons. The Hall–Kier alpha value is -1.24. The van der Waals surface area contributed by atoms with Crippen molar-refractivity contribution >= 4 is 12.4 Å². The van der Waals surface area contributed by atoms with Crippen molar-refractivity contribution in [2.75, 3.05) is 13.2 Å². The Balaban J connectivity index is 2.21. The lowest BCUT2D eigenvalue weighted by Crippen LogP contribution is -2.37. The lowest BCUT2D eigenvalue weighted by Gasteiger charge is -2.27. The molecule has 0 spiro atoms. The molecule has 1 fully saturated rings. The van der Waals surface area contributed by atoms with E-state index in [1.54, 1.807) is 0 Å². The van der Waals surface area contributed by atoms with Gasteiger partial charge in [-0.3, -0.25) is 0 Å². The van der Waals surface area contributed by atoms with Crippen molar-refractivity contribution in [1.82, 2.24) is 0 Å². The fourth-order valence-electron chi connectivity index (χ4n) is 1.86. The van der Waals surface area contributed by atoms with Crippen molar-refractivity contribution in [2.45, 2.75) is 18.9 Å². The molecule has 0 unspecified atom stereocenters. The molecule has 1 aliphatic rings. The maximum absolute atomic E-state index is 12.9. The Morgan fingerprint density at radius 3 is 2.44 bits per heavy atom. The van der Waals surface area contributed by atoms with E-state index < -0.39 is 18.3 Å². The Labute approximate surface area is 102 Å². The van der Waals surface area contributed by atoms with Crippen LogP contribution in [0.3, 0.4) is 0 Å². The Morgan fingerprint density at radius 2 is 1.83 bits per heavy atom. The van der Waals surface area contributed by atoms with Gasteiger partial charge in [-0.2, -0.15) is 0 Å². The van der Waals surface area contributed by atoms with Gasteiger partial charge in [0, 0.05) is 12.8 Å². The van der Waals surface area contributed by atoms with Gasteiger partial charge < -0.3 is 22.4 Å². The van der Waals surface area contributed by atoms with Crippen LogP contribution in [0.15, 0.2) is 18.2 Å². The van der Waals surface area contributed by atoms with Gasteiger partial charge in [0.1, 0.15) is 11.9 Å². The van der Waals surface area contributed by atoms with Crippen LogP contribution >= 0.6 is 0 Å². The standard InChI is InChI=1S/C11H12BF4O2/c13-8-1-2-11(10(7-8)12(14,15)16)18-9-3-5-17-6-4-9/h1-2,7,9H,3-6H2/q-1. The van der Waals surface area contributed by atoms with Crippen molar-refractivity contribution in [1.29, 1.82) is 0 Å². The normalized spacial score (nSPS) is 17.8. The van der Waals surface area contributed by atoms with Crippen LogP contribution in [-0.2, 0) is 4.74 Å². The van der Waals surface area contributed by atoms with Crippen LogP contribution in [0.1, 0.15) is 12.8 Å². The minimum absolute atomic E-state index is 0.296. The first-order chi connectivity index (χ1) is 8.47. The summed E-state index contributed by atoms with van der Waals surface area (Å²) >= 11 is 0. The summed E-state index contributed by atoms with van der Waals surface area (Å²) in [6, 6.07) is 2.49. The van der Waals surface area contributed by atoms with Crippen molar-refractivity contribution in [3.63, 3.8) is 0 Å². The third-order valence-corrected chi connectivity index (χ3v) is 2.79. The van der Waals surface area contributed by atoms with Crippen LogP contribution < -0.4 is 10.2 Å². The highest BCUT2D eigenvalue weighted by Gasteiger charge is 2.30. The summed E-state index contributed by atoms with van der Waals surface area (Å²) in [5.74, 6) is -1.21. The van der Waals surface area contributed by atoms with Gasteiger partial charge in [0.25, 0.3) is 0 Å². The van der Waals surface area contributed by atoms with Crippen LogP contribution in [0.25, 0.3) is 0 Å². The van der Waals surface area contributed by atoms with Gasteiger partial charge in [0.05, 0.1) is 19.0 Å². The zero-order chi connectivity index (χ0) is 13.2. The number of ether oxygens (including phenoxy) is 2. The second kappa shape index (κ2) is 5.18. The topological polar surface area (TPSA) is 18.5 Å². The minimum Gasteiger partial charge on any atom is -0.493 e. The summed E-state index contributed by atoms with van der Waals surface area (Å²) < 4.78 is 61.6. The molecule has 7 heteroatoms. The minimum atomic E-state index is -5.28. The molecular formula is C11H12BF4O2-. The number of hydrogen-bond donors (Lipinski definition) is 0. The van der Waals surface area contributed by atoms with Crippen LogP contribution in [-0.4, -0.2) is 26.3 Å². The van der Waals surface area contributed by atoms with E-state index in [-0.39, 0.29) is 11.9 Å². The van der Waals surface area contributed by atoms with Gasteiger partial charge in [0.15, 0.2) is 0 Å². The number of rotatable bonds is 3.